The highest BCUT2D eigenvalue weighted by molar-refractivity contribution is 7.99. The number of rotatable bonds is 3. The van der Waals surface area contributed by atoms with Gasteiger partial charge in [0.05, 0.1) is 0 Å². The third kappa shape index (κ3) is 2.05. The lowest BCUT2D eigenvalue weighted by Crippen LogP contribution is -2.11. The SMILES string of the molecule is CCSc1nc(N)c(N=O)c(=O)[nH]1. The van der Waals surface area contributed by atoms with E-state index in [2.05, 4.69) is 15.1 Å². The quantitative estimate of drug-likeness (QED) is 0.428. The van der Waals surface area contributed by atoms with Gasteiger partial charge in [0.2, 0.25) is 5.69 Å². The lowest BCUT2D eigenvalue weighted by atomic mass is 10.5. The van der Waals surface area contributed by atoms with Crippen molar-refractivity contribution in [2.75, 3.05) is 11.5 Å². The minimum atomic E-state index is -0.599. The molecule has 0 bridgehead atoms. The third-order valence-corrected chi connectivity index (χ3v) is 2.03. The van der Waals surface area contributed by atoms with Crippen LogP contribution in [0, 0.1) is 4.91 Å². The Balaban J connectivity index is 3.20. The molecule has 3 N–H and O–H groups in total. The van der Waals surface area contributed by atoms with Crippen LogP contribution in [0.1, 0.15) is 6.92 Å². The largest absolute Gasteiger partial charge is 0.382 e. The number of anilines is 1. The Morgan fingerprint density at radius 1 is 1.69 bits per heavy atom. The van der Waals surface area contributed by atoms with Gasteiger partial charge >= 0.3 is 0 Å². The molecule has 0 unspecified atom stereocenters. The number of thioether (sulfide) groups is 1. The zero-order chi connectivity index (χ0) is 9.84. The fourth-order valence-electron chi connectivity index (χ4n) is 0.756. The van der Waals surface area contributed by atoms with Gasteiger partial charge in [-0.15, -0.1) is 4.91 Å². The second kappa shape index (κ2) is 4.04. The summed E-state index contributed by atoms with van der Waals surface area (Å²) in [6, 6.07) is 0. The molecule has 1 rings (SSSR count). The topological polar surface area (TPSA) is 101 Å². The average molecular weight is 200 g/mol. The number of hydrogen-bond acceptors (Lipinski definition) is 6. The summed E-state index contributed by atoms with van der Waals surface area (Å²) < 4.78 is 0. The van der Waals surface area contributed by atoms with Crippen molar-refractivity contribution in [2.45, 2.75) is 12.1 Å². The molecule has 0 aromatic carbocycles. The van der Waals surface area contributed by atoms with Gasteiger partial charge in [-0.1, -0.05) is 18.7 Å². The number of H-pyrrole nitrogens is 1. The predicted molar refractivity (Wildman–Crippen MR) is 51.1 cm³/mol. The highest BCUT2D eigenvalue weighted by atomic mass is 32.2. The summed E-state index contributed by atoms with van der Waals surface area (Å²) in [5.74, 6) is 0.630. The van der Waals surface area contributed by atoms with Crippen molar-refractivity contribution in [2.24, 2.45) is 5.18 Å². The molecule has 0 amide bonds. The summed E-state index contributed by atoms with van der Waals surface area (Å²) in [7, 11) is 0. The molecule has 7 heteroatoms. The number of nitrogens with one attached hydrogen (secondary N) is 1. The van der Waals surface area contributed by atoms with Crippen molar-refractivity contribution in [1.29, 1.82) is 0 Å². The Kier molecular flexibility index (Phi) is 3.02. The highest BCUT2D eigenvalue weighted by Gasteiger charge is 2.08. The molecule has 0 atom stereocenters. The van der Waals surface area contributed by atoms with Gasteiger partial charge in [0, 0.05) is 0 Å². The number of aromatic amines is 1. The Hall–Kier alpha value is -1.37. The summed E-state index contributed by atoms with van der Waals surface area (Å²) in [6.07, 6.45) is 0. The van der Waals surface area contributed by atoms with Crippen LogP contribution in [-0.2, 0) is 0 Å². The minimum Gasteiger partial charge on any atom is -0.382 e. The van der Waals surface area contributed by atoms with Crippen LogP contribution in [0.2, 0.25) is 0 Å². The smallest absolute Gasteiger partial charge is 0.283 e. The van der Waals surface area contributed by atoms with E-state index in [0.29, 0.717) is 5.16 Å². The summed E-state index contributed by atoms with van der Waals surface area (Å²) in [6.45, 7) is 1.91. The van der Waals surface area contributed by atoms with Crippen LogP contribution >= 0.6 is 11.8 Å². The van der Waals surface area contributed by atoms with Gasteiger partial charge in [-0.25, -0.2) is 4.98 Å². The first-order chi connectivity index (χ1) is 6.19. The molecule has 70 valence electrons. The number of nitrogens with zero attached hydrogens (tertiary/aromatic N) is 2. The van der Waals surface area contributed by atoms with Gasteiger partial charge in [-0.05, 0) is 10.9 Å². The monoisotopic (exact) mass is 200 g/mol. The van der Waals surface area contributed by atoms with Crippen molar-refractivity contribution >= 4 is 23.3 Å². The van der Waals surface area contributed by atoms with Crippen molar-refractivity contribution in [3.8, 4) is 0 Å². The van der Waals surface area contributed by atoms with E-state index >= 15 is 0 Å². The Bertz CT molecular complexity index is 375. The molecule has 0 aliphatic rings. The molecule has 0 aliphatic carbocycles. The zero-order valence-corrected chi connectivity index (χ0v) is 7.72. The van der Waals surface area contributed by atoms with Gasteiger partial charge < -0.3 is 5.73 Å². The van der Waals surface area contributed by atoms with Gasteiger partial charge in [-0.3, -0.25) is 9.78 Å². The fraction of sp³-hybridized carbons (Fsp3) is 0.333. The maximum atomic E-state index is 11.1. The molecular weight excluding hydrogens is 192 g/mol. The van der Waals surface area contributed by atoms with E-state index in [1.807, 2.05) is 6.92 Å². The van der Waals surface area contributed by atoms with Crippen LogP contribution in [0.4, 0.5) is 11.5 Å². The summed E-state index contributed by atoms with van der Waals surface area (Å²) in [5.41, 5.74) is 4.37. The Labute approximate surface area is 77.9 Å². The number of nitroso groups, excluding NO2 is 1. The van der Waals surface area contributed by atoms with E-state index in [-0.39, 0.29) is 11.5 Å². The normalized spacial score (nSPS) is 9.92. The first-order valence-corrected chi connectivity index (χ1v) is 4.53. The second-order valence-corrected chi connectivity index (χ2v) is 3.38. The van der Waals surface area contributed by atoms with Crippen LogP contribution in [0.3, 0.4) is 0 Å². The molecular formula is C6H8N4O2S. The second-order valence-electron chi connectivity index (χ2n) is 2.13. The average Bonchev–Trinajstić information content (AvgIpc) is 2.04. The van der Waals surface area contributed by atoms with Crippen molar-refractivity contribution in [3.05, 3.63) is 15.3 Å². The lowest BCUT2D eigenvalue weighted by molar-refractivity contribution is 0.944. The molecule has 0 saturated carbocycles. The van der Waals surface area contributed by atoms with Gasteiger partial charge in [0.15, 0.2) is 11.0 Å². The first kappa shape index (κ1) is 9.72. The molecule has 1 heterocycles. The fourth-order valence-corrected chi connectivity index (χ4v) is 1.36. The van der Waals surface area contributed by atoms with E-state index in [9.17, 15) is 9.70 Å². The van der Waals surface area contributed by atoms with Crippen LogP contribution in [0.25, 0.3) is 0 Å². The van der Waals surface area contributed by atoms with E-state index < -0.39 is 5.56 Å². The van der Waals surface area contributed by atoms with Crippen LogP contribution < -0.4 is 11.3 Å². The highest BCUT2D eigenvalue weighted by Crippen LogP contribution is 2.17. The van der Waals surface area contributed by atoms with Crippen molar-refractivity contribution < 1.29 is 0 Å². The van der Waals surface area contributed by atoms with Crippen LogP contribution in [0.5, 0.6) is 0 Å². The maximum absolute atomic E-state index is 11.1. The van der Waals surface area contributed by atoms with E-state index in [4.69, 9.17) is 5.73 Å². The first-order valence-electron chi connectivity index (χ1n) is 3.55. The summed E-state index contributed by atoms with van der Waals surface area (Å²) in [5, 5.41) is 2.88. The Morgan fingerprint density at radius 3 is 2.85 bits per heavy atom. The molecule has 13 heavy (non-hydrogen) atoms. The molecule has 0 fully saturated rings. The molecule has 0 saturated heterocycles. The molecule has 0 radical (unpaired) electrons. The van der Waals surface area contributed by atoms with Gasteiger partial charge in [-0.2, -0.15) is 0 Å². The van der Waals surface area contributed by atoms with Gasteiger partial charge in [0.25, 0.3) is 5.56 Å². The summed E-state index contributed by atoms with van der Waals surface area (Å²) in [4.78, 5) is 27.4. The van der Waals surface area contributed by atoms with E-state index in [1.165, 1.54) is 11.8 Å². The standard InChI is InChI=1S/C6H8N4O2S/c1-2-13-6-8-4(7)3(10-12)5(11)9-6/h2H2,1H3,(H3,7,8,9,11). The van der Waals surface area contributed by atoms with Crippen molar-refractivity contribution in [1.82, 2.24) is 9.97 Å². The number of nitrogens with two attached hydrogens (primary N) is 1. The van der Waals surface area contributed by atoms with Crippen LogP contribution in [-0.4, -0.2) is 15.7 Å². The molecule has 6 nitrogen and oxygen atoms in total. The number of nitrogen functional groups attached to an aromatic ring is 1. The zero-order valence-electron chi connectivity index (χ0n) is 6.90. The summed E-state index contributed by atoms with van der Waals surface area (Å²) >= 11 is 1.33. The maximum Gasteiger partial charge on any atom is 0.283 e. The lowest BCUT2D eigenvalue weighted by Gasteiger charge is -1.99. The minimum absolute atomic E-state index is 0.130. The third-order valence-electron chi connectivity index (χ3n) is 1.27. The predicted octanol–water partition coefficient (Wildman–Crippen LogP) is 0.862. The molecule has 1 aromatic heterocycles. The van der Waals surface area contributed by atoms with Crippen LogP contribution in [0.15, 0.2) is 15.1 Å². The van der Waals surface area contributed by atoms with E-state index in [1.54, 1.807) is 0 Å². The molecule has 0 aliphatic heterocycles. The van der Waals surface area contributed by atoms with Crippen molar-refractivity contribution in [3.63, 3.8) is 0 Å². The Morgan fingerprint density at radius 2 is 2.38 bits per heavy atom. The van der Waals surface area contributed by atoms with Gasteiger partial charge in [0.1, 0.15) is 0 Å². The molecule has 0 spiro atoms. The van der Waals surface area contributed by atoms with E-state index in [0.717, 1.165) is 5.75 Å². The number of hydrogen-bond donors (Lipinski definition) is 2. The molecule has 1 aromatic rings. The number of aromatic nitrogens is 2.